The highest BCUT2D eigenvalue weighted by Crippen LogP contribution is 2.03. The Labute approximate surface area is 91.9 Å². The minimum absolute atomic E-state index is 0.000596. The van der Waals surface area contributed by atoms with E-state index in [9.17, 15) is 4.79 Å². The predicted molar refractivity (Wildman–Crippen MR) is 57.8 cm³/mol. The highest BCUT2D eigenvalue weighted by atomic mass is 16.6. The van der Waals surface area contributed by atoms with Gasteiger partial charge in [0.15, 0.2) is 0 Å². The molecule has 90 valence electrons. The van der Waals surface area contributed by atoms with Crippen LogP contribution in [0.15, 0.2) is 0 Å². The molecule has 0 N–H and O–H groups in total. The van der Waals surface area contributed by atoms with Crippen molar-refractivity contribution in [2.24, 2.45) is 0 Å². The van der Waals surface area contributed by atoms with Crippen LogP contribution in [0.5, 0.6) is 0 Å². The van der Waals surface area contributed by atoms with Gasteiger partial charge in [-0.15, -0.1) is 0 Å². The van der Waals surface area contributed by atoms with Gasteiger partial charge in [0.2, 0.25) is 0 Å². The van der Waals surface area contributed by atoms with Gasteiger partial charge < -0.3 is 14.2 Å². The second-order valence-corrected chi connectivity index (χ2v) is 3.28. The Bertz CT molecular complexity index is 159. The molecular weight excluding hydrogens is 196 g/mol. The number of rotatable bonds is 9. The van der Waals surface area contributed by atoms with Crippen molar-refractivity contribution in [1.82, 2.24) is 0 Å². The maximum Gasteiger partial charge on any atom is 0.302 e. The lowest BCUT2D eigenvalue weighted by atomic mass is 10.2. The summed E-state index contributed by atoms with van der Waals surface area (Å²) in [5, 5.41) is 0. The molecule has 0 aromatic carbocycles. The molecule has 4 heteroatoms. The van der Waals surface area contributed by atoms with Gasteiger partial charge in [0.25, 0.3) is 0 Å². The van der Waals surface area contributed by atoms with Crippen molar-refractivity contribution in [3.8, 4) is 0 Å². The molecule has 0 heterocycles. The molecule has 1 atom stereocenters. The van der Waals surface area contributed by atoms with Gasteiger partial charge in [-0.3, -0.25) is 4.79 Å². The summed E-state index contributed by atoms with van der Waals surface area (Å²) in [4.78, 5) is 10.6. The average Bonchev–Trinajstić information content (AvgIpc) is 2.20. The standard InChI is InChI=1S/C11H22O4/c1-4-6-11(9-15-10(3)12)14-8-7-13-5-2/h11H,4-9H2,1-3H3. The van der Waals surface area contributed by atoms with Crippen LogP contribution in [-0.4, -0.2) is 38.5 Å². The number of ether oxygens (including phenoxy) is 3. The lowest BCUT2D eigenvalue weighted by molar-refractivity contribution is -0.145. The Morgan fingerprint density at radius 2 is 2.00 bits per heavy atom. The van der Waals surface area contributed by atoms with E-state index in [1.807, 2.05) is 6.92 Å². The number of hydrogen-bond acceptors (Lipinski definition) is 4. The molecule has 0 saturated heterocycles. The molecule has 0 aromatic rings. The van der Waals surface area contributed by atoms with Crippen LogP contribution in [0.3, 0.4) is 0 Å². The molecule has 0 aromatic heterocycles. The van der Waals surface area contributed by atoms with Crippen molar-refractivity contribution >= 4 is 5.97 Å². The first kappa shape index (κ1) is 14.4. The quantitative estimate of drug-likeness (QED) is 0.437. The first-order valence-corrected chi connectivity index (χ1v) is 5.53. The van der Waals surface area contributed by atoms with Gasteiger partial charge in [-0.2, -0.15) is 0 Å². The minimum Gasteiger partial charge on any atom is -0.463 e. The zero-order valence-electron chi connectivity index (χ0n) is 9.95. The third kappa shape index (κ3) is 9.69. The van der Waals surface area contributed by atoms with E-state index >= 15 is 0 Å². The minimum atomic E-state index is -0.260. The smallest absolute Gasteiger partial charge is 0.302 e. The van der Waals surface area contributed by atoms with Crippen LogP contribution in [0.4, 0.5) is 0 Å². The predicted octanol–water partition coefficient (Wildman–Crippen LogP) is 1.77. The normalized spacial score (nSPS) is 12.5. The Morgan fingerprint density at radius 3 is 2.53 bits per heavy atom. The number of hydrogen-bond donors (Lipinski definition) is 0. The molecule has 0 aliphatic heterocycles. The molecule has 0 radical (unpaired) electrons. The number of carbonyl (C=O) groups excluding carboxylic acids is 1. The number of esters is 1. The molecule has 0 aliphatic carbocycles. The fourth-order valence-corrected chi connectivity index (χ4v) is 1.17. The topological polar surface area (TPSA) is 44.8 Å². The van der Waals surface area contributed by atoms with Crippen LogP contribution in [0.2, 0.25) is 0 Å². The zero-order chi connectivity index (χ0) is 11.5. The summed E-state index contributed by atoms with van der Waals surface area (Å²) in [7, 11) is 0. The van der Waals surface area contributed by atoms with Crippen LogP contribution in [0.1, 0.15) is 33.6 Å². The monoisotopic (exact) mass is 218 g/mol. The van der Waals surface area contributed by atoms with Crippen molar-refractivity contribution < 1.29 is 19.0 Å². The van der Waals surface area contributed by atoms with Crippen molar-refractivity contribution in [2.45, 2.75) is 39.7 Å². The lowest BCUT2D eigenvalue weighted by Gasteiger charge is -2.16. The highest BCUT2D eigenvalue weighted by Gasteiger charge is 2.09. The van der Waals surface area contributed by atoms with Crippen LogP contribution in [-0.2, 0) is 19.0 Å². The highest BCUT2D eigenvalue weighted by molar-refractivity contribution is 5.65. The van der Waals surface area contributed by atoms with Gasteiger partial charge >= 0.3 is 5.97 Å². The summed E-state index contributed by atoms with van der Waals surface area (Å²) in [5.41, 5.74) is 0. The van der Waals surface area contributed by atoms with Crippen LogP contribution < -0.4 is 0 Å². The van der Waals surface area contributed by atoms with Crippen LogP contribution in [0, 0.1) is 0 Å². The summed E-state index contributed by atoms with van der Waals surface area (Å²) in [6, 6.07) is 0. The molecule has 4 nitrogen and oxygen atoms in total. The SMILES string of the molecule is CCCC(COC(C)=O)OCCOCC. The Kier molecular flexibility index (Phi) is 9.52. The third-order valence-electron chi connectivity index (χ3n) is 1.87. The van der Waals surface area contributed by atoms with Crippen molar-refractivity contribution in [1.29, 1.82) is 0 Å². The van der Waals surface area contributed by atoms with E-state index in [0.29, 0.717) is 26.4 Å². The second kappa shape index (κ2) is 9.93. The summed E-state index contributed by atoms with van der Waals surface area (Å²) >= 11 is 0. The molecule has 1 unspecified atom stereocenters. The molecule has 0 rings (SSSR count). The Hall–Kier alpha value is -0.610. The molecule has 0 fully saturated rings. The maximum atomic E-state index is 10.6. The van der Waals surface area contributed by atoms with Gasteiger partial charge in [-0.25, -0.2) is 0 Å². The molecule has 0 saturated carbocycles. The molecule has 0 bridgehead atoms. The van der Waals surface area contributed by atoms with Gasteiger partial charge in [0, 0.05) is 13.5 Å². The van der Waals surface area contributed by atoms with E-state index in [-0.39, 0.29) is 12.1 Å². The van der Waals surface area contributed by atoms with E-state index in [1.165, 1.54) is 6.92 Å². The Morgan fingerprint density at radius 1 is 1.27 bits per heavy atom. The largest absolute Gasteiger partial charge is 0.463 e. The van der Waals surface area contributed by atoms with Crippen molar-refractivity contribution in [2.75, 3.05) is 26.4 Å². The van der Waals surface area contributed by atoms with Crippen molar-refractivity contribution in [3.05, 3.63) is 0 Å². The molecule has 15 heavy (non-hydrogen) atoms. The second-order valence-electron chi connectivity index (χ2n) is 3.28. The molecular formula is C11H22O4. The van der Waals surface area contributed by atoms with Gasteiger partial charge in [-0.1, -0.05) is 13.3 Å². The van der Waals surface area contributed by atoms with Gasteiger partial charge in [0.05, 0.1) is 19.3 Å². The Balaban J connectivity index is 3.57. The zero-order valence-corrected chi connectivity index (χ0v) is 9.95. The van der Waals surface area contributed by atoms with E-state index < -0.39 is 0 Å². The molecule has 0 spiro atoms. The lowest BCUT2D eigenvalue weighted by Crippen LogP contribution is -2.23. The maximum absolute atomic E-state index is 10.6. The average molecular weight is 218 g/mol. The molecule has 0 amide bonds. The van der Waals surface area contributed by atoms with E-state index in [2.05, 4.69) is 6.92 Å². The summed E-state index contributed by atoms with van der Waals surface area (Å²) in [6.45, 7) is 7.62. The summed E-state index contributed by atoms with van der Waals surface area (Å²) in [6.07, 6.45) is 1.92. The van der Waals surface area contributed by atoms with Crippen LogP contribution in [0.25, 0.3) is 0 Å². The van der Waals surface area contributed by atoms with Gasteiger partial charge in [-0.05, 0) is 13.3 Å². The fourth-order valence-electron chi connectivity index (χ4n) is 1.17. The van der Waals surface area contributed by atoms with E-state index in [1.54, 1.807) is 0 Å². The van der Waals surface area contributed by atoms with Crippen molar-refractivity contribution in [3.63, 3.8) is 0 Å². The van der Waals surface area contributed by atoms with Gasteiger partial charge in [0.1, 0.15) is 6.61 Å². The first-order valence-electron chi connectivity index (χ1n) is 5.53. The fraction of sp³-hybridized carbons (Fsp3) is 0.909. The van der Waals surface area contributed by atoms with Crippen LogP contribution >= 0.6 is 0 Å². The summed E-state index contributed by atoms with van der Waals surface area (Å²) < 4.78 is 15.6. The first-order chi connectivity index (χ1) is 7.20. The summed E-state index contributed by atoms with van der Waals surface area (Å²) in [5.74, 6) is -0.260. The number of carbonyl (C=O) groups is 1. The van der Waals surface area contributed by atoms with E-state index in [0.717, 1.165) is 12.8 Å². The third-order valence-corrected chi connectivity index (χ3v) is 1.87. The van der Waals surface area contributed by atoms with E-state index in [4.69, 9.17) is 14.2 Å². The molecule has 0 aliphatic rings.